The van der Waals surface area contributed by atoms with Crippen molar-refractivity contribution < 1.29 is 13.6 Å². The highest BCUT2D eigenvalue weighted by Gasteiger charge is 2.36. The lowest BCUT2D eigenvalue weighted by atomic mass is 9.81. The quantitative estimate of drug-likeness (QED) is 0.808. The zero-order chi connectivity index (χ0) is 13.2. The summed E-state index contributed by atoms with van der Waals surface area (Å²) < 4.78 is 26.0. The Bertz CT molecular complexity index is 296. The van der Waals surface area contributed by atoms with Crippen LogP contribution in [0.1, 0.15) is 58.3 Å². The van der Waals surface area contributed by atoms with Gasteiger partial charge in [-0.15, -0.1) is 0 Å². The van der Waals surface area contributed by atoms with Crippen molar-refractivity contribution in [2.45, 2.75) is 70.3 Å². The highest BCUT2D eigenvalue weighted by Crippen LogP contribution is 2.34. The van der Waals surface area contributed by atoms with Crippen LogP contribution in [-0.2, 0) is 4.79 Å². The maximum Gasteiger partial charge on any atom is 0.248 e. The number of carbonyl (C=O) groups excluding carboxylic acids is 1. The number of hydrogen-bond acceptors (Lipinski definition) is 1. The van der Waals surface area contributed by atoms with Crippen LogP contribution in [-0.4, -0.2) is 17.9 Å². The molecule has 0 aromatic heterocycles. The first kappa shape index (κ1) is 13.8. The van der Waals surface area contributed by atoms with E-state index in [0.717, 1.165) is 19.3 Å². The number of alkyl halides is 2. The molecule has 0 bridgehead atoms. The Labute approximate surface area is 108 Å². The Morgan fingerprint density at radius 3 is 2.44 bits per heavy atom. The van der Waals surface area contributed by atoms with E-state index in [9.17, 15) is 13.6 Å². The van der Waals surface area contributed by atoms with Crippen LogP contribution in [0.2, 0.25) is 0 Å². The average molecular weight is 259 g/mol. The number of rotatable bonds is 2. The SMILES string of the molecule is CC1CCCC(C(=O)NC2CCC(F)(F)CC2)C1. The van der Waals surface area contributed by atoms with E-state index < -0.39 is 5.92 Å². The molecular formula is C14H23F2NO. The highest BCUT2D eigenvalue weighted by atomic mass is 19.3. The molecular weight excluding hydrogens is 236 g/mol. The van der Waals surface area contributed by atoms with Gasteiger partial charge in [0.25, 0.3) is 0 Å². The first-order valence-corrected chi connectivity index (χ1v) is 7.14. The van der Waals surface area contributed by atoms with Crippen LogP contribution in [0.5, 0.6) is 0 Å². The van der Waals surface area contributed by atoms with E-state index in [1.54, 1.807) is 0 Å². The summed E-state index contributed by atoms with van der Waals surface area (Å²) in [6.07, 6.45) is 4.90. The van der Waals surface area contributed by atoms with Gasteiger partial charge in [0.1, 0.15) is 0 Å². The lowest BCUT2D eigenvalue weighted by Gasteiger charge is -2.31. The molecule has 1 N–H and O–H groups in total. The maximum atomic E-state index is 13.0. The Morgan fingerprint density at radius 2 is 1.83 bits per heavy atom. The molecule has 0 aliphatic heterocycles. The summed E-state index contributed by atoms with van der Waals surface area (Å²) in [6, 6.07) is -0.0330. The van der Waals surface area contributed by atoms with Crippen molar-refractivity contribution in [3.63, 3.8) is 0 Å². The number of hydrogen-bond donors (Lipinski definition) is 1. The smallest absolute Gasteiger partial charge is 0.248 e. The highest BCUT2D eigenvalue weighted by molar-refractivity contribution is 5.79. The zero-order valence-electron chi connectivity index (χ0n) is 11.1. The normalized spacial score (nSPS) is 33.1. The first-order valence-electron chi connectivity index (χ1n) is 7.14. The molecule has 0 spiro atoms. The lowest BCUT2D eigenvalue weighted by Crippen LogP contribution is -2.43. The molecule has 2 fully saturated rings. The van der Waals surface area contributed by atoms with Crippen molar-refractivity contribution >= 4 is 5.91 Å². The molecule has 0 aromatic rings. The first-order chi connectivity index (χ1) is 8.46. The van der Waals surface area contributed by atoms with Crippen molar-refractivity contribution in [3.05, 3.63) is 0 Å². The second kappa shape index (κ2) is 5.54. The van der Waals surface area contributed by atoms with Crippen LogP contribution < -0.4 is 5.32 Å². The molecule has 0 radical (unpaired) electrons. The van der Waals surface area contributed by atoms with Crippen LogP contribution in [0.3, 0.4) is 0 Å². The van der Waals surface area contributed by atoms with Gasteiger partial charge >= 0.3 is 0 Å². The van der Waals surface area contributed by atoms with Gasteiger partial charge in [0.2, 0.25) is 11.8 Å². The molecule has 0 heterocycles. The Hall–Kier alpha value is -0.670. The predicted molar refractivity (Wildman–Crippen MR) is 66.5 cm³/mol. The average Bonchev–Trinajstić information content (AvgIpc) is 2.32. The standard InChI is InChI=1S/C14H23F2NO/c1-10-3-2-4-11(9-10)13(18)17-12-5-7-14(15,16)8-6-12/h10-12H,2-9H2,1H3,(H,17,18). The van der Waals surface area contributed by atoms with Crippen LogP contribution >= 0.6 is 0 Å². The van der Waals surface area contributed by atoms with E-state index >= 15 is 0 Å². The fourth-order valence-corrected chi connectivity index (χ4v) is 3.18. The summed E-state index contributed by atoms with van der Waals surface area (Å²) in [4.78, 5) is 12.1. The van der Waals surface area contributed by atoms with E-state index in [4.69, 9.17) is 0 Å². The molecule has 0 aromatic carbocycles. The van der Waals surface area contributed by atoms with Gasteiger partial charge in [-0.3, -0.25) is 4.79 Å². The minimum absolute atomic E-state index is 0.0330. The Balaban J connectivity index is 1.77. The molecule has 2 atom stereocenters. The molecule has 2 rings (SSSR count). The summed E-state index contributed by atoms with van der Waals surface area (Å²) in [5.41, 5.74) is 0. The lowest BCUT2D eigenvalue weighted by molar-refractivity contribution is -0.128. The third kappa shape index (κ3) is 3.66. The number of carbonyl (C=O) groups is 1. The number of amides is 1. The van der Waals surface area contributed by atoms with E-state index in [-0.39, 0.29) is 30.7 Å². The number of nitrogens with one attached hydrogen (secondary N) is 1. The maximum absolute atomic E-state index is 13.0. The molecule has 2 aliphatic carbocycles. The fourth-order valence-electron chi connectivity index (χ4n) is 3.18. The van der Waals surface area contributed by atoms with Gasteiger partial charge in [-0.25, -0.2) is 8.78 Å². The van der Waals surface area contributed by atoms with Crippen LogP contribution in [0, 0.1) is 11.8 Å². The van der Waals surface area contributed by atoms with E-state index in [1.165, 1.54) is 6.42 Å². The monoisotopic (exact) mass is 259 g/mol. The molecule has 2 unspecified atom stereocenters. The number of halogens is 2. The molecule has 104 valence electrons. The van der Waals surface area contributed by atoms with Gasteiger partial charge < -0.3 is 5.32 Å². The van der Waals surface area contributed by atoms with Crippen LogP contribution in [0.15, 0.2) is 0 Å². The Kier molecular flexibility index (Phi) is 4.23. The Morgan fingerprint density at radius 1 is 1.17 bits per heavy atom. The largest absolute Gasteiger partial charge is 0.353 e. The van der Waals surface area contributed by atoms with Gasteiger partial charge in [-0.05, 0) is 31.6 Å². The van der Waals surface area contributed by atoms with Crippen LogP contribution in [0.25, 0.3) is 0 Å². The van der Waals surface area contributed by atoms with Crippen molar-refractivity contribution in [2.24, 2.45) is 11.8 Å². The van der Waals surface area contributed by atoms with Crippen molar-refractivity contribution in [2.75, 3.05) is 0 Å². The summed E-state index contributed by atoms with van der Waals surface area (Å²) in [6.45, 7) is 2.18. The molecule has 4 heteroatoms. The third-order valence-electron chi connectivity index (χ3n) is 4.37. The second-order valence-electron chi connectivity index (χ2n) is 6.11. The minimum atomic E-state index is -2.51. The molecule has 2 aliphatic rings. The summed E-state index contributed by atoms with van der Waals surface area (Å²) in [7, 11) is 0. The molecule has 2 nitrogen and oxygen atoms in total. The van der Waals surface area contributed by atoms with Gasteiger partial charge in [-0.1, -0.05) is 19.8 Å². The van der Waals surface area contributed by atoms with Gasteiger partial charge in [0, 0.05) is 24.8 Å². The van der Waals surface area contributed by atoms with Crippen molar-refractivity contribution in [1.82, 2.24) is 5.32 Å². The topological polar surface area (TPSA) is 29.1 Å². The van der Waals surface area contributed by atoms with Crippen molar-refractivity contribution in [3.8, 4) is 0 Å². The predicted octanol–water partition coefficient (Wildman–Crippen LogP) is 3.51. The molecule has 18 heavy (non-hydrogen) atoms. The second-order valence-corrected chi connectivity index (χ2v) is 6.11. The van der Waals surface area contributed by atoms with E-state index in [1.807, 2.05) is 0 Å². The van der Waals surface area contributed by atoms with Gasteiger partial charge in [0.15, 0.2) is 0 Å². The van der Waals surface area contributed by atoms with E-state index in [2.05, 4.69) is 12.2 Å². The molecule has 1 amide bonds. The molecule has 0 saturated heterocycles. The van der Waals surface area contributed by atoms with Crippen LogP contribution in [0.4, 0.5) is 8.78 Å². The van der Waals surface area contributed by atoms with Gasteiger partial charge in [-0.2, -0.15) is 0 Å². The van der Waals surface area contributed by atoms with Crippen molar-refractivity contribution in [1.29, 1.82) is 0 Å². The third-order valence-corrected chi connectivity index (χ3v) is 4.37. The van der Waals surface area contributed by atoms with Gasteiger partial charge in [0.05, 0.1) is 0 Å². The minimum Gasteiger partial charge on any atom is -0.353 e. The zero-order valence-corrected chi connectivity index (χ0v) is 11.1. The fraction of sp³-hybridized carbons (Fsp3) is 0.929. The molecule has 2 saturated carbocycles. The summed E-state index contributed by atoms with van der Waals surface area (Å²) in [5.74, 6) is -1.70. The summed E-state index contributed by atoms with van der Waals surface area (Å²) in [5, 5.41) is 2.97. The summed E-state index contributed by atoms with van der Waals surface area (Å²) >= 11 is 0. The van der Waals surface area contributed by atoms with E-state index in [0.29, 0.717) is 18.8 Å².